The van der Waals surface area contributed by atoms with Crippen LogP contribution in [0, 0.1) is 0 Å². The van der Waals surface area contributed by atoms with E-state index in [1.807, 2.05) is 10.5 Å². The molecule has 0 aliphatic carbocycles. The second kappa shape index (κ2) is 4.18. The van der Waals surface area contributed by atoms with Crippen LogP contribution in [0.25, 0.3) is 5.65 Å². The Labute approximate surface area is 92.6 Å². The number of nitrogens with zero attached hydrogens (tertiary/aromatic N) is 2. The number of ether oxygens (including phenoxy) is 1. The molecule has 15 heavy (non-hydrogen) atoms. The van der Waals surface area contributed by atoms with Crippen LogP contribution in [0.2, 0.25) is 5.02 Å². The summed E-state index contributed by atoms with van der Waals surface area (Å²) in [5.41, 5.74) is 7.67. The third-order valence-electron chi connectivity index (χ3n) is 2.22. The zero-order chi connectivity index (χ0) is 10.8. The Balaban J connectivity index is 2.47. The van der Waals surface area contributed by atoms with Crippen molar-refractivity contribution in [2.75, 3.05) is 13.7 Å². The minimum absolute atomic E-state index is 0.191. The van der Waals surface area contributed by atoms with Gasteiger partial charge in [0, 0.05) is 13.3 Å². The van der Waals surface area contributed by atoms with E-state index in [0.717, 1.165) is 11.3 Å². The van der Waals surface area contributed by atoms with Gasteiger partial charge in [-0.3, -0.25) is 0 Å². The molecule has 1 atom stereocenters. The maximum Gasteiger partial charge on any atom is 0.137 e. The fourth-order valence-corrected chi connectivity index (χ4v) is 1.67. The Morgan fingerprint density at radius 3 is 3.13 bits per heavy atom. The number of hydrogen-bond acceptors (Lipinski definition) is 3. The lowest BCUT2D eigenvalue weighted by atomic mass is 10.2. The fraction of sp³-hybridized carbons (Fsp3) is 0.300. The number of methoxy groups -OCH3 is 1. The molecule has 5 heteroatoms. The number of nitrogens with two attached hydrogens (primary N) is 1. The van der Waals surface area contributed by atoms with Gasteiger partial charge >= 0.3 is 0 Å². The standard InChI is InChI=1S/C10H12ClN3O/c1-15-6-8(12)9-4-13-10-3-2-7(11)5-14(9)10/h2-5,8H,6,12H2,1H3. The van der Waals surface area contributed by atoms with Gasteiger partial charge in [0.1, 0.15) is 5.65 Å². The largest absolute Gasteiger partial charge is 0.383 e. The van der Waals surface area contributed by atoms with E-state index in [2.05, 4.69) is 4.98 Å². The molecule has 0 spiro atoms. The van der Waals surface area contributed by atoms with E-state index in [1.54, 1.807) is 25.6 Å². The molecule has 80 valence electrons. The lowest BCUT2D eigenvalue weighted by molar-refractivity contribution is 0.179. The van der Waals surface area contributed by atoms with Gasteiger partial charge in [-0.2, -0.15) is 0 Å². The van der Waals surface area contributed by atoms with E-state index in [0.29, 0.717) is 11.6 Å². The van der Waals surface area contributed by atoms with Gasteiger partial charge in [-0.05, 0) is 12.1 Å². The van der Waals surface area contributed by atoms with Gasteiger partial charge in [-0.1, -0.05) is 11.6 Å². The Kier molecular flexibility index (Phi) is 2.90. The van der Waals surface area contributed by atoms with Gasteiger partial charge < -0.3 is 14.9 Å². The molecule has 1 unspecified atom stereocenters. The molecule has 2 aromatic heterocycles. The first-order chi connectivity index (χ1) is 7.22. The predicted molar refractivity (Wildman–Crippen MR) is 59.0 cm³/mol. The second-order valence-electron chi connectivity index (χ2n) is 3.32. The number of hydrogen-bond donors (Lipinski definition) is 1. The summed E-state index contributed by atoms with van der Waals surface area (Å²) in [5, 5.41) is 0.659. The van der Waals surface area contributed by atoms with Crippen molar-refractivity contribution in [3.8, 4) is 0 Å². The highest BCUT2D eigenvalue weighted by atomic mass is 35.5. The van der Waals surface area contributed by atoms with Crippen molar-refractivity contribution < 1.29 is 4.74 Å². The quantitative estimate of drug-likeness (QED) is 0.864. The third-order valence-corrected chi connectivity index (χ3v) is 2.45. The molecule has 0 amide bonds. The van der Waals surface area contributed by atoms with Crippen molar-refractivity contribution in [1.29, 1.82) is 0 Å². The molecule has 0 saturated heterocycles. The van der Waals surface area contributed by atoms with E-state index in [9.17, 15) is 0 Å². The average Bonchev–Trinajstić information content (AvgIpc) is 2.60. The van der Waals surface area contributed by atoms with E-state index in [-0.39, 0.29) is 6.04 Å². The zero-order valence-electron chi connectivity index (χ0n) is 8.35. The van der Waals surface area contributed by atoms with E-state index in [1.165, 1.54) is 0 Å². The summed E-state index contributed by atoms with van der Waals surface area (Å²) < 4.78 is 6.89. The Hall–Kier alpha value is -1.10. The normalized spacial score (nSPS) is 13.3. The maximum absolute atomic E-state index is 5.94. The van der Waals surface area contributed by atoms with Gasteiger partial charge in [-0.15, -0.1) is 0 Å². The van der Waals surface area contributed by atoms with E-state index in [4.69, 9.17) is 22.1 Å². The average molecular weight is 226 g/mol. The zero-order valence-corrected chi connectivity index (χ0v) is 9.11. The first-order valence-electron chi connectivity index (χ1n) is 4.59. The minimum Gasteiger partial charge on any atom is -0.383 e. The molecular weight excluding hydrogens is 214 g/mol. The number of imidazole rings is 1. The Morgan fingerprint density at radius 2 is 2.40 bits per heavy atom. The highest BCUT2D eigenvalue weighted by Gasteiger charge is 2.11. The highest BCUT2D eigenvalue weighted by Crippen LogP contribution is 2.16. The van der Waals surface area contributed by atoms with E-state index < -0.39 is 0 Å². The number of pyridine rings is 1. The number of halogens is 1. The summed E-state index contributed by atoms with van der Waals surface area (Å²) in [4.78, 5) is 4.23. The van der Waals surface area contributed by atoms with Crippen LogP contribution >= 0.6 is 11.6 Å². The fourth-order valence-electron chi connectivity index (χ4n) is 1.51. The molecule has 4 nitrogen and oxygen atoms in total. The van der Waals surface area contributed by atoms with Crippen molar-refractivity contribution in [3.05, 3.63) is 35.2 Å². The van der Waals surface area contributed by atoms with Crippen LogP contribution in [0.3, 0.4) is 0 Å². The SMILES string of the molecule is COCC(N)c1cnc2ccc(Cl)cn12. The molecule has 0 fully saturated rings. The smallest absolute Gasteiger partial charge is 0.137 e. The van der Waals surface area contributed by atoms with Gasteiger partial charge in [0.2, 0.25) is 0 Å². The molecule has 0 aliphatic heterocycles. The Morgan fingerprint density at radius 1 is 1.60 bits per heavy atom. The molecule has 2 aromatic rings. The third kappa shape index (κ3) is 1.97. The second-order valence-corrected chi connectivity index (χ2v) is 3.76. The molecule has 0 radical (unpaired) electrons. The monoisotopic (exact) mass is 225 g/mol. The molecular formula is C10H12ClN3O. The van der Waals surface area contributed by atoms with Crippen molar-refractivity contribution in [2.45, 2.75) is 6.04 Å². The Bertz CT molecular complexity index is 469. The molecule has 2 rings (SSSR count). The van der Waals surface area contributed by atoms with Gasteiger partial charge in [0.15, 0.2) is 0 Å². The van der Waals surface area contributed by atoms with Gasteiger partial charge in [-0.25, -0.2) is 4.98 Å². The molecule has 0 aliphatic rings. The summed E-state index contributed by atoms with van der Waals surface area (Å²) in [5.74, 6) is 0. The van der Waals surface area contributed by atoms with E-state index >= 15 is 0 Å². The van der Waals surface area contributed by atoms with Crippen LogP contribution in [0.15, 0.2) is 24.5 Å². The first kappa shape index (κ1) is 10.4. The first-order valence-corrected chi connectivity index (χ1v) is 4.97. The van der Waals surface area contributed by atoms with Gasteiger partial charge in [0.05, 0.1) is 29.6 Å². The lowest BCUT2D eigenvalue weighted by Gasteiger charge is -2.09. The molecule has 0 bridgehead atoms. The predicted octanol–water partition coefficient (Wildman–Crippen LogP) is 1.63. The summed E-state index contributed by atoms with van der Waals surface area (Å²) in [7, 11) is 1.62. The number of rotatable bonds is 3. The topological polar surface area (TPSA) is 52.5 Å². The number of aromatic nitrogens is 2. The van der Waals surface area contributed by atoms with Crippen molar-refractivity contribution in [1.82, 2.24) is 9.38 Å². The molecule has 0 saturated carbocycles. The van der Waals surface area contributed by atoms with Crippen LogP contribution in [-0.4, -0.2) is 23.1 Å². The van der Waals surface area contributed by atoms with Crippen molar-refractivity contribution >= 4 is 17.2 Å². The van der Waals surface area contributed by atoms with Crippen LogP contribution in [0.4, 0.5) is 0 Å². The van der Waals surface area contributed by atoms with Gasteiger partial charge in [0.25, 0.3) is 0 Å². The van der Waals surface area contributed by atoms with Crippen LogP contribution in [0.5, 0.6) is 0 Å². The van der Waals surface area contributed by atoms with Crippen molar-refractivity contribution in [2.24, 2.45) is 5.73 Å². The maximum atomic E-state index is 5.94. The van der Waals surface area contributed by atoms with Crippen LogP contribution in [-0.2, 0) is 4.74 Å². The molecule has 2 N–H and O–H groups in total. The summed E-state index contributed by atoms with van der Waals surface area (Å²) in [6, 6.07) is 3.46. The highest BCUT2D eigenvalue weighted by molar-refractivity contribution is 6.30. The minimum atomic E-state index is -0.191. The summed E-state index contributed by atoms with van der Waals surface area (Å²) in [6.07, 6.45) is 3.55. The molecule has 0 aromatic carbocycles. The number of fused-ring (bicyclic) bond motifs is 1. The van der Waals surface area contributed by atoms with Crippen LogP contribution < -0.4 is 5.73 Å². The summed E-state index contributed by atoms with van der Waals surface area (Å²) >= 11 is 5.91. The summed E-state index contributed by atoms with van der Waals surface area (Å²) in [6.45, 7) is 0.459. The van der Waals surface area contributed by atoms with Crippen molar-refractivity contribution in [3.63, 3.8) is 0 Å². The lowest BCUT2D eigenvalue weighted by Crippen LogP contribution is -2.17. The van der Waals surface area contributed by atoms with Crippen LogP contribution in [0.1, 0.15) is 11.7 Å². The molecule has 2 heterocycles.